The molecule has 1 aliphatic carbocycles. The highest BCUT2D eigenvalue weighted by Gasteiger charge is 2.32. The summed E-state index contributed by atoms with van der Waals surface area (Å²) in [5, 5.41) is 0. The molecule has 13 heavy (non-hydrogen) atoms. The molecule has 0 amide bonds. The van der Waals surface area contributed by atoms with Crippen LogP contribution in [0.2, 0.25) is 0 Å². The number of Topliss-reactive ketones (excluding diaryl/α,β-unsaturated/α-hetero) is 1. The van der Waals surface area contributed by atoms with E-state index in [0.29, 0.717) is 17.6 Å². The van der Waals surface area contributed by atoms with Crippen LogP contribution in [0.15, 0.2) is 12.7 Å². The van der Waals surface area contributed by atoms with Gasteiger partial charge in [-0.3, -0.25) is 4.79 Å². The molecule has 1 fully saturated rings. The van der Waals surface area contributed by atoms with Gasteiger partial charge in [-0.2, -0.15) is 0 Å². The second-order valence-electron chi connectivity index (χ2n) is 4.04. The van der Waals surface area contributed by atoms with Gasteiger partial charge in [0, 0.05) is 12.3 Å². The van der Waals surface area contributed by atoms with Crippen LogP contribution >= 0.6 is 0 Å². The maximum atomic E-state index is 11.5. The Morgan fingerprint density at radius 1 is 1.62 bits per heavy atom. The summed E-state index contributed by atoms with van der Waals surface area (Å²) in [6.07, 6.45) is 8.47. The van der Waals surface area contributed by atoms with Crippen LogP contribution in [0, 0.1) is 11.8 Å². The molecule has 0 aromatic heterocycles. The van der Waals surface area contributed by atoms with E-state index in [1.807, 2.05) is 6.08 Å². The molecule has 0 saturated heterocycles. The largest absolute Gasteiger partial charge is 0.299 e. The fourth-order valence-electron chi connectivity index (χ4n) is 2.29. The second kappa shape index (κ2) is 5.21. The van der Waals surface area contributed by atoms with E-state index >= 15 is 0 Å². The Morgan fingerprint density at radius 3 is 3.00 bits per heavy atom. The second-order valence-corrected chi connectivity index (χ2v) is 4.04. The normalized spacial score (nSPS) is 27.9. The molecule has 1 nitrogen and oxygen atoms in total. The number of allylic oxidation sites excluding steroid dienone is 1. The molecular formula is C12H20O. The third-order valence-corrected chi connectivity index (χ3v) is 3.09. The molecule has 0 radical (unpaired) electrons. The van der Waals surface area contributed by atoms with E-state index < -0.39 is 0 Å². The lowest BCUT2D eigenvalue weighted by Crippen LogP contribution is -2.13. The highest BCUT2D eigenvalue weighted by Crippen LogP contribution is 2.34. The van der Waals surface area contributed by atoms with Gasteiger partial charge in [-0.15, -0.1) is 6.58 Å². The lowest BCUT2D eigenvalue weighted by atomic mass is 9.88. The maximum absolute atomic E-state index is 11.5. The summed E-state index contributed by atoms with van der Waals surface area (Å²) in [6, 6.07) is 0. The van der Waals surface area contributed by atoms with Crippen LogP contribution in [-0.4, -0.2) is 5.78 Å². The topological polar surface area (TPSA) is 17.1 Å². The third kappa shape index (κ3) is 2.68. The van der Waals surface area contributed by atoms with Gasteiger partial charge < -0.3 is 0 Å². The van der Waals surface area contributed by atoms with Gasteiger partial charge in [0.15, 0.2) is 0 Å². The van der Waals surface area contributed by atoms with Crippen molar-refractivity contribution in [3.8, 4) is 0 Å². The van der Waals surface area contributed by atoms with Gasteiger partial charge in [0.1, 0.15) is 5.78 Å². The van der Waals surface area contributed by atoms with Crippen LogP contribution in [0.4, 0.5) is 0 Å². The fraction of sp³-hybridized carbons (Fsp3) is 0.750. The molecule has 0 heterocycles. The molecule has 0 spiro atoms. The zero-order chi connectivity index (χ0) is 9.68. The summed E-state index contributed by atoms with van der Waals surface area (Å²) in [6.45, 7) is 5.93. The van der Waals surface area contributed by atoms with Gasteiger partial charge in [-0.25, -0.2) is 0 Å². The number of ketones is 1. The van der Waals surface area contributed by atoms with Crippen molar-refractivity contribution in [1.82, 2.24) is 0 Å². The van der Waals surface area contributed by atoms with Crippen molar-refractivity contribution in [2.75, 3.05) is 0 Å². The smallest absolute Gasteiger partial charge is 0.136 e. The third-order valence-electron chi connectivity index (χ3n) is 3.09. The number of carbonyl (C=O) groups excluding carboxylic acids is 1. The Kier molecular flexibility index (Phi) is 4.20. The highest BCUT2D eigenvalue weighted by atomic mass is 16.1. The summed E-state index contributed by atoms with van der Waals surface area (Å²) >= 11 is 0. The van der Waals surface area contributed by atoms with E-state index in [1.165, 1.54) is 19.3 Å². The molecule has 1 heteroatoms. The molecule has 2 atom stereocenters. The Hall–Kier alpha value is -0.590. The van der Waals surface area contributed by atoms with Crippen molar-refractivity contribution < 1.29 is 4.79 Å². The summed E-state index contributed by atoms with van der Waals surface area (Å²) < 4.78 is 0. The van der Waals surface area contributed by atoms with Crippen molar-refractivity contribution in [2.24, 2.45) is 11.8 Å². The number of rotatable bonds is 5. The van der Waals surface area contributed by atoms with E-state index in [1.54, 1.807) is 0 Å². The average Bonchev–Trinajstić information content (AvgIpc) is 2.46. The minimum atomic E-state index is 0.309. The summed E-state index contributed by atoms with van der Waals surface area (Å²) in [4.78, 5) is 11.5. The standard InChI is InChI=1S/C12H20O/c1-3-5-7-10-8-9-12(13)11(10)6-4-2/h4,10-11H,2-3,5-9H2,1H3. The Bertz CT molecular complexity index is 184. The van der Waals surface area contributed by atoms with Gasteiger partial charge in [0.2, 0.25) is 0 Å². The quantitative estimate of drug-likeness (QED) is 0.593. The van der Waals surface area contributed by atoms with Gasteiger partial charge in [-0.1, -0.05) is 25.8 Å². The van der Waals surface area contributed by atoms with Crippen molar-refractivity contribution in [1.29, 1.82) is 0 Å². The zero-order valence-electron chi connectivity index (χ0n) is 8.59. The van der Waals surface area contributed by atoms with Crippen molar-refractivity contribution >= 4 is 5.78 Å². The molecule has 74 valence electrons. The number of unbranched alkanes of at least 4 members (excludes halogenated alkanes) is 1. The summed E-state index contributed by atoms with van der Waals surface area (Å²) in [5.74, 6) is 1.44. The minimum absolute atomic E-state index is 0.309. The first kappa shape index (κ1) is 10.5. The van der Waals surface area contributed by atoms with Crippen molar-refractivity contribution in [3.63, 3.8) is 0 Å². The SMILES string of the molecule is C=CCC1C(=O)CCC1CCCC. The van der Waals surface area contributed by atoms with Crippen LogP contribution in [-0.2, 0) is 4.79 Å². The lowest BCUT2D eigenvalue weighted by Gasteiger charge is -2.15. The first-order valence-electron chi connectivity index (χ1n) is 5.43. The van der Waals surface area contributed by atoms with E-state index in [2.05, 4.69) is 13.5 Å². The predicted octanol–water partition coefficient (Wildman–Crippen LogP) is 3.35. The first-order valence-corrected chi connectivity index (χ1v) is 5.43. The van der Waals surface area contributed by atoms with Crippen LogP contribution < -0.4 is 0 Å². The molecule has 0 aliphatic heterocycles. The zero-order valence-corrected chi connectivity index (χ0v) is 8.59. The van der Waals surface area contributed by atoms with Crippen molar-refractivity contribution in [3.05, 3.63) is 12.7 Å². The van der Waals surface area contributed by atoms with Crippen LogP contribution in [0.1, 0.15) is 45.4 Å². The molecule has 0 aromatic rings. The van der Waals surface area contributed by atoms with Crippen LogP contribution in [0.3, 0.4) is 0 Å². The molecule has 0 bridgehead atoms. The van der Waals surface area contributed by atoms with E-state index in [0.717, 1.165) is 19.3 Å². The number of hydrogen-bond donors (Lipinski definition) is 0. The monoisotopic (exact) mass is 180 g/mol. The van der Waals surface area contributed by atoms with Crippen molar-refractivity contribution in [2.45, 2.75) is 45.4 Å². The molecule has 2 unspecified atom stereocenters. The van der Waals surface area contributed by atoms with E-state index in [-0.39, 0.29) is 0 Å². The number of carbonyl (C=O) groups is 1. The minimum Gasteiger partial charge on any atom is -0.299 e. The van der Waals surface area contributed by atoms with E-state index in [4.69, 9.17) is 0 Å². The van der Waals surface area contributed by atoms with Crippen LogP contribution in [0.25, 0.3) is 0 Å². The van der Waals surface area contributed by atoms with E-state index in [9.17, 15) is 4.79 Å². The lowest BCUT2D eigenvalue weighted by molar-refractivity contribution is -0.121. The van der Waals surface area contributed by atoms with Crippen LogP contribution in [0.5, 0.6) is 0 Å². The Labute approximate surface area is 81.2 Å². The maximum Gasteiger partial charge on any atom is 0.136 e. The summed E-state index contributed by atoms with van der Waals surface area (Å²) in [5.41, 5.74) is 0. The molecular weight excluding hydrogens is 160 g/mol. The highest BCUT2D eigenvalue weighted by molar-refractivity contribution is 5.83. The molecule has 0 N–H and O–H groups in total. The number of hydrogen-bond acceptors (Lipinski definition) is 1. The Balaban J connectivity index is 2.43. The molecule has 1 rings (SSSR count). The van der Waals surface area contributed by atoms with Gasteiger partial charge in [0.05, 0.1) is 0 Å². The predicted molar refractivity (Wildman–Crippen MR) is 55.6 cm³/mol. The van der Waals surface area contributed by atoms with Gasteiger partial charge >= 0.3 is 0 Å². The average molecular weight is 180 g/mol. The Morgan fingerprint density at radius 2 is 2.38 bits per heavy atom. The van der Waals surface area contributed by atoms with Gasteiger partial charge in [-0.05, 0) is 25.2 Å². The molecule has 1 aliphatic rings. The van der Waals surface area contributed by atoms with Gasteiger partial charge in [0.25, 0.3) is 0 Å². The fourth-order valence-corrected chi connectivity index (χ4v) is 2.29. The summed E-state index contributed by atoms with van der Waals surface area (Å²) in [7, 11) is 0. The first-order chi connectivity index (χ1) is 6.29. The molecule has 0 aromatic carbocycles. The molecule has 1 saturated carbocycles.